The van der Waals surface area contributed by atoms with Gasteiger partial charge in [0.05, 0.1) is 12.2 Å². The highest BCUT2D eigenvalue weighted by Gasteiger charge is 2.47. The van der Waals surface area contributed by atoms with Gasteiger partial charge in [0.25, 0.3) is 0 Å². The van der Waals surface area contributed by atoms with Crippen molar-refractivity contribution in [1.29, 1.82) is 0 Å². The van der Waals surface area contributed by atoms with Crippen LogP contribution in [-0.2, 0) is 10.2 Å². The Bertz CT molecular complexity index is 1210. The molecule has 5 rings (SSSR count). The van der Waals surface area contributed by atoms with Gasteiger partial charge in [0, 0.05) is 46.4 Å². The third-order valence-electron chi connectivity index (χ3n) is 6.42. The van der Waals surface area contributed by atoms with Gasteiger partial charge in [-0.2, -0.15) is 0 Å². The highest BCUT2D eigenvalue weighted by molar-refractivity contribution is 6.20. The first-order chi connectivity index (χ1) is 15.1. The number of ether oxygens (including phenoxy) is 2. The molecule has 1 aromatic heterocycles. The minimum Gasteiger partial charge on any atom is -0.491 e. The summed E-state index contributed by atoms with van der Waals surface area (Å²) >= 11 is 0. The van der Waals surface area contributed by atoms with Gasteiger partial charge in [0.15, 0.2) is 5.78 Å². The molecule has 3 N–H and O–H groups in total. The van der Waals surface area contributed by atoms with E-state index in [0.717, 1.165) is 40.6 Å². The van der Waals surface area contributed by atoms with Gasteiger partial charge in [0.1, 0.15) is 18.5 Å². The SMILES string of the molecule is C#Cc1ccc2c3c([nH]c2c1)C1(CCOCC1)c1cc(OC[C@H](O)CO)ccc1C3=O. The van der Waals surface area contributed by atoms with E-state index in [9.17, 15) is 9.90 Å². The summed E-state index contributed by atoms with van der Waals surface area (Å²) < 4.78 is 11.4. The second-order valence-corrected chi connectivity index (χ2v) is 8.16. The van der Waals surface area contributed by atoms with E-state index >= 15 is 0 Å². The Kier molecular flexibility index (Phi) is 4.82. The van der Waals surface area contributed by atoms with E-state index in [1.807, 2.05) is 24.3 Å². The number of aliphatic hydroxyl groups excluding tert-OH is 2. The fourth-order valence-corrected chi connectivity index (χ4v) is 4.84. The molecule has 1 atom stereocenters. The summed E-state index contributed by atoms with van der Waals surface area (Å²) in [5.41, 5.74) is 4.40. The van der Waals surface area contributed by atoms with E-state index in [1.54, 1.807) is 12.1 Å². The monoisotopic (exact) mass is 417 g/mol. The van der Waals surface area contributed by atoms with Crippen LogP contribution in [0.3, 0.4) is 0 Å². The number of H-pyrrole nitrogens is 1. The molecule has 1 spiro atoms. The summed E-state index contributed by atoms with van der Waals surface area (Å²) in [6.45, 7) is 0.785. The van der Waals surface area contributed by atoms with Crippen LogP contribution in [0.25, 0.3) is 10.9 Å². The minimum atomic E-state index is -0.958. The van der Waals surface area contributed by atoms with Crippen LogP contribution < -0.4 is 4.74 Å². The lowest BCUT2D eigenvalue weighted by atomic mass is 9.64. The largest absolute Gasteiger partial charge is 0.491 e. The molecule has 6 heteroatoms. The van der Waals surface area contributed by atoms with Crippen LogP contribution in [0.1, 0.15) is 45.6 Å². The van der Waals surface area contributed by atoms with Crippen LogP contribution in [0, 0.1) is 12.3 Å². The number of ketones is 1. The first-order valence-corrected chi connectivity index (χ1v) is 10.4. The fourth-order valence-electron chi connectivity index (χ4n) is 4.84. The van der Waals surface area contributed by atoms with Crippen molar-refractivity contribution in [1.82, 2.24) is 4.98 Å². The van der Waals surface area contributed by atoms with Crippen molar-refractivity contribution in [3.63, 3.8) is 0 Å². The molecule has 2 aliphatic rings. The summed E-state index contributed by atoms with van der Waals surface area (Å²) in [5, 5.41) is 19.6. The van der Waals surface area contributed by atoms with Crippen molar-refractivity contribution < 1.29 is 24.5 Å². The molecule has 2 aromatic carbocycles. The molecule has 0 amide bonds. The van der Waals surface area contributed by atoms with Gasteiger partial charge in [-0.3, -0.25) is 4.79 Å². The van der Waals surface area contributed by atoms with Gasteiger partial charge < -0.3 is 24.7 Å². The third kappa shape index (κ3) is 3.05. The highest BCUT2D eigenvalue weighted by Crippen LogP contribution is 2.50. The average Bonchev–Trinajstić information content (AvgIpc) is 3.21. The van der Waals surface area contributed by atoms with E-state index in [-0.39, 0.29) is 19.0 Å². The Morgan fingerprint density at radius 1 is 1.23 bits per heavy atom. The van der Waals surface area contributed by atoms with Crippen LogP contribution in [0.2, 0.25) is 0 Å². The number of carbonyl (C=O) groups excluding carboxylic acids is 1. The summed E-state index contributed by atoms with van der Waals surface area (Å²) in [5.74, 6) is 3.18. The number of benzene rings is 2. The third-order valence-corrected chi connectivity index (χ3v) is 6.42. The molecule has 31 heavy (non-hydrogen) atoms. The molecule has 1 fully saturated rings. The molecule has 1 aliphatic carbocycles. The van der Waals surface area contributed by atoms with Crippen molar-refractivity contribution in [2.45, 2.75) is 24.4 Å². The van der Waals surface area contributed by atoms with E-state index in [4.69, 9.17) is 21.0 Å². The number of aliphatic hydroxyl groups is 2. The molecule has 3 aromatic rings. The Balaban J connectivity index is 1.69. The average molecular weight is 417 g/mol. The Morgan fingerprint density at radius 3 is 2.77 bits per heavy atom. The number of nitrogens with one attached hydrogen (secondary N) is 1. The topological polar surface area (TPSA) is 91.8 Å². The Morgan fingerprint density at radius 2 is 2.03 bits per heavy atom. The van der Waals surface area contributed by atoms with Crippen LogP contribution in [-0.4, -0.2) is 53.5 Å². The summed E-state index contributed by atoms with van der Waals surface area (Å²) in [4.78, 5) is 17.1. The number of aromatic nitrogens is 1. The van der Waals surface area contributed by atoms with E-state index in [0.29, 0.717) is 30.1 Å². The molecule has 2 heterocycles. The van der Waals surface area contributed by atoms with Gasteiger partial charge in [-0.05, 0) is 48.7 Å². The molecule has 0 radical (unpaired) electrons. The first-order valence-electron chi connectivity index (χ1n) is 10.4. The summed E-state index contributed by atoms with van der Waals surface area (Å²) in [7, 11) is 0. The Labute approximate surface area is 179 Å². The predicted octanol–water partition coefficient (Wildman–Crippen LogP) is 2.52. The summed E-state index contributed by atoms with van der Waals surface area (Å²) in [6.07, 6.45) is 6.09. The lowest BCUT2D eigenvalue weighted by Gasteiger charge is -2.41. The molecule has 0 saturated carbocycles. The van der Waals surface area contributed by atoms with Gasteiger partial charge in [0.2, 0.25) is 0 Å². The zero-order valence-electron chi connectivity index (χ0n) is 17.0. The van der Waals surface area contributed by atoms with Gasteiger partial charge >= 0.3 is 0 Å². The maximum Gasteiger partial charge on any atom is 0.195 e. The van der Waals surface area contributed by atoms with E-state index < -0.39 is 11.5 Å². The maximum atomic E-state index is 13.6. The molecule has 1 aliphatic heterocycles. The quantitative estimate of drug-likeness (QED) is 0.568. The van der Waals surface area contributed by atoms with Crippen molar-refractivity contribution in [3.05, 3.63) is 64.3 Å². The molecular formula is C25H23NO5. The fraction of sp³-hybridized carbons (Fsp3) is 0.320. The van der Waals surface area contributed by atoms with E-state index in [1.165, 1.54) is 0 Å². The number of aromatic amines is 1. The predicted molar refractivity (Wildman–Crippen MR) is 116 cm³/mol. The number of rotatable bonds is 4. The van der Waals surface area contributed by atoms with Crippen molar-refractivity contribution in [2.24, 2.45) is 0 Å². The highest BCUT2D eigenvalue weighted by atomic mass is 16.5. The van der Waals surface area contributed by atoms with Crippen molar-refractivity contribution in [2.75, 3.05) is 26.4 Å². The molecule has 6 nitrogen and oxygen atoms in total. The zero-order chi connectivity index (χ0) is 21.6. The van der Waals surface area contributed by atoms with Crippen LogP contribution in [0.5, 0.6) is 5.75 Å². The first kappa shape index (κ1) is 19.8. The Hall–Kier alpha value is -3.11. The number of terminal acetylenes is 1. The lowest BCUT2D eigenvalue weighted by molar-refractivity contribution is 0.0529. The van der Waals surface area contributed by atoms with E-state index in [2.05, 4.69) is 10.9 Å². The second-order valence-electron chi connectivity index (χ2n) is 8.16. The molecular weight excluding hydrogens is 394 g/mol. The lowest BCUT2D eigenvalue weighted by Crippen LogP contribution is -2.40. The maximum absolute atomic E-state index is 13.6. The van der Waals surface area contributed by atoms with Gasteiger partial charge in [-0.15, -0.1) is 6.42 Å². The van der Waals surface area contributed by atoms with Crippen molar-refractivity contribution >= 4 is 16.7 Å². The number of hydrogen-bond acceptors (Lipinski definition) is 5. The van der Waals surface area contributed by atoms with Crippen LogP contribution >= 0.6 is 0 Å². The zero-order valence-corrected chi connectivity index (χ0v) is 17.0. The van der Waals surface area contributed by atoms with Gasteiger partial charge in [-0.1, -0.05) is 12.0 Å². The number of fused-ring (bicyclic) bond motifs is 6. The number of hydrogen-bond donors (Lipinski definition) is 3. The molecule has 0 unspecified atom stereocenters. The second kappa shape index (κ2) is 7.54. The van der Waals surface area contributed by atoms with Crippen molar-refractivity contribution in [3.8, 4) is 18.1 Å². The van der Waals surface area contributed by atoms with Gasteiger partial charge in [-0.25, -0.2) is 0 Å². The smallest absolute Gasteiger partial charge is 0.195 e. The standard InChI is InChI=1S/C25H23NO5/c1-2-15-3-5-19-21(11-15)26-24-22(19)23(29)18-6-4-17(31-14-16(28)13-27)12-20(18)25(24)7-9-30-10-8-25/h1,3-6,11-12,16,26-28H,7-10,13-14H2/t16-/m1/s1. The molecule has 0 bridgehead atoms. The normalized spacial score (nSPS) is 17.8. The minimum absolute atomic E-state index is 0.0220. The van der Waals surface area contributed by atoms with Crippen LogP contribution in [0.15, 0.2) is 36.4 Å². The molecule has 158 valence electrons. The molecule has 1 saturated heterocycles. The van der Waals surface area contributed by atoms with Crippen LogP contribution in [0.4, 0.5) is 0 Å². The summed E-state index contributed by atoms with van der Waals surface area (Å²) in [6, 6.07) is 11.1. The number of carbonyl (C=O) groups is 1.